The van der Waals surface area contributed by atoms with Gasteiger partial charge in [0.05, 0.1) is 27.2 Å². The predicted octanol–water partition coefficient (Wildman–Crippen LogP) is 4.67. The highest BCUT2D eigenvalue weighted by atomic mass is 32.1. The Morgan fingerprint density at radius 2 is 1.47 bits per heavy atom. The molecule has 8 heteroatoms. The van der Waals surface area contributed by atoms with E-state index >= 15 is 0 Å². The van der Waals surface area contributed by atoms with Crippen LogP contribution in [-0.4, -0.2) is 50.0 Å². The molecule has 2 aromatic carbocycles. The third-order valence-corrected chi connectivity index (χ3v) is 7.00. The minimum Gasteiger partial charge on any atom is -0.503 e. The molecule has 4 rings (SSSR count). The van der Waals surface area contributed by atoms with E-state index in [1.165, 1.54) is 16.2 Å². The molecule has 1 unspecified atom stereocenters. The van der Waals surface area contributed by atoms with Crippen LogP contribution >= 0.6 is 11.3 Å². The van der Waals surface area contributed by atoms with Crippen molar-refractivity contribution in [2.45, 2.75) is 19.9 Å². The second-order valence-corrected chi connectivity index (χ2v) is 9.92. The molecule has 0 saturated carbocycles. The molecule has 0 fully saturated rings. The molecule has 0 aliphatic carbocycles. The van der Waals surface area contributed by atoms with Crippen LogP contribution in [0, 0.1) is 13.8 Å². The number of aryl methyl sites for hydroxylation is 2. The van der Waals surface area contributed by atoms with Gasteiger partial charge in [0.2, 0.25) is 5.78 Å². The summed E-state index contributed by atoms with van der Waals surface area (Å²) < 4.78 is 0. The van der Waals surface area contributed by atoms with Crippen molar-refractivity contribution in [3.63, 3.8) is 0 Å². The first kappa shape index (κ1) is 23.5. The van der Waals surface area contributed by atoms with Crippen LogP contribution in [0.3, 0.4) is 0 Å². The zero-order chi connectivity index (χ0) is 24.7. The number of carbonyl (C=O) groups excluding carboxylic acids is 2. The maximum Gasteiger partial charge on any atom is 0.294 e. The van der Waals surface area contributed by atoms with Gasteiger partial charge in [-0.25, -0.2) is 4.98 Å². The predicted molar refractivity (Wildman–Crippen MR) is 137 cm³/mol. The molecule has 7 nitrogen and oxygen atoms in total. The van der Waals surface area contributed by atoms with E-state index in [1.807, 2.05) is 93.4 Å². The number of rotatable bonds is 6. The van der Waals surface area contributed by atoms with Crippen LogP contribution in [0.5, 0.6) is 0 Å². The molecule has 1 atom stereocenters. The lowest BCUT2D eigenvalue weighted by Crippen LogP contribution is -2.31. The first-order valence-corrected chi connectivity index (χ1v) is 11.7. The average Bonchev–Trinajstić information content (AvgIpc) is 3.28. The summed E-state index contributed by atoms with van der Waals surface area (Å²) in [6.07, 6.45) is 0. The Bertz CT molecular complexity index is 1270. The molecule has 0 saturated heterocycles. The fourth-order valence-electron chi connectivity index (χ4n) is 4.15. The summed E-state index contributed by atoms with van der Waals surface area (Å²) >= 11 is 1.27. The highest BCUT2D eigenvalue weighted by Crippen LogP contribution is 2.43. The van der Waals surface area contributed by atoms with Crippen molar-refractivity contribution in [2.75, 3.05) is 42.9 Å². The quantitative estimate of drug-likeness (QED) is 0.521. The monoisotopic (exact) mass is 476 g/mol. The molecule has 1 N–H and O–H groups in total. The molecule has 34 heavy (non-hydrogen) atoms. The summed E-state index contributed by atoms with van der Waals surface area (Å²) in [6.45, 7) is 3.60. The van der Waals surface area contributed by atoms with Gasteiger partial charge in [-0.2, -0.15) is 0 Å². The molecule has 1 aromatic heterocycles. The van der Waals surface area contributed by atoms with Gasteiger partial charge in [0.1, 0.15) is 0 Å². The van der Waals surface area contributed by atoms with Gasteiger partial charge in [-0.05, 0) is 55.8 Å². The number of Topliss-reactive ketones (excluding diaryl/α,β-unsaturated/α-hetero) is 1. The van der Waals surface area contributed by atoms with Crippen molar-refractivity contribution in [1.29, 1.82) is 0 Å². The summed E-state index contributed by atoms with van der Waals surface area (Å²) in [5, 5.41) is 11.7. The van der Waals surface area contributed by atoms with E-state index in [9.17, 15) is 14.7 Å². The SMILES string of the molecule is Cc1nc(C)c(C(=O)C2=C(O)C(=O)N(c3ccc(N(C)C)cc3)C2c2ccc(N(C)C)cc2)s1. The molecular weight excluding hydrogens is 448 g/mol. The number of benzene rings is 2. The maximum absolute atomic E-state index is 13.7. The molecule has 0 radical (unpaired) electrons. The summed E-state index contributed by atoms with van der Waals surface area (Å²) in [4.78, 5) is 37.3. The largest absolute Gasteiger partial charge is 0.503 e. The summed E-state index contributed by atoms with van der Waals surface area (Å²) in [7, 11) is 7.77. The Morgan fingerprint density at radius 1 is 0.941 bits per heavy atom. The summed E-state index contributed by atoms with van der Waals surface area (Å²) in [5.74, 6) is -1.49. The Morgan fingerprint density at radius 3 is 1.94 bits per heavy atom. The van der Waals surface area contributed by atoms with Gasteiger partial charge in [-0.15, -0.1) is 11.3 Å². The number of hydrogen-bond donors (Lipinski definition) is 1. The van der Waals surface area contributed by atoms with E-state index in [4.69, 9.17) is 0 Å². The number of aliphatic hydroxyl groups is 1. The van der Waals surface area contributed by atoms with E-state index < -0.39 is 17.7 Å². The third-order valence-electron chi connectivity index (χ3n) is 5.93. The average molecular weight is 477 g/mol. The second-order valence-electron chi connectivity index (χ2n) is 8.71. The van der Waals surface area contributed by atoms with E-state index in [1.54, 1.807) is 6.92 Å². The van der Waals surface area contributed by atoms with Crippen molar-refractivity contribution in [3.05, 3.63) is 81.0 Å². The van der Waals surface area contributed by atoms with Crippen LogP contribution < -0.4 is 14.7 Å². The van der Waals surface area contributed by atoms with Crippen LogP contribution in [0.15, 0.2) is 59.9 Å². The van der Waals surface area contributed by atoms with E-state index in [0.717, 1.165) is 21.9 Å². The van der Waals surface area contributed by atoms with Crippen molar-refractivity contribution >= 4 is 40.1 Å². The Hall–Kier alpha value is -3.65. The Labute approximate surface area is 203 Å². The topological polar surface area (TPSA) is 77.0 Å². The van der Waals surface area contributed by atoms with Gasteiger partial charge in [-0.3, -0.25) is 14.5 Å². The normalized spacial score (nSPS) is 15.8. The van der Waals surface area contributed by atoms with Crippen LogP contribution in [-0.2, 0) is 4.79 Å². The molecule has 1 amide bonds. The number of amides is 1. The van der Waals surface area contributed by atoms with Gasteiger partial charge < -0.3 is 14.9 Å². The number of nitrogens with zero attached hydrogens (tertiary/aromatic N) is 4. The van der Waals surface area contributed by atoms with Gasteiger partial charge in [0.25, 0.3) is 5.91 Å². The van der Waals surface area contributed by atoms with Gasteiger partial charge in [0, 0.05) is 45.3 Å². The van der Waals surface area contributed by atoms with Crippen LogP contribution in [0.4, 0.5) is 17.1 Å². The zero-order valence-corrected chi connectivity index (χ0v) is 21.0. The minimum absolute atomic E-state index is 0.0750. The highest BCUT2D eigenvalue weighted by Gasteiger charge is 2.45. The number of carbonyl (C=O) groups is 2. The lowest BCUT2D eigenvalue weighted by atomic mass is 9.94. The number of anilines is 3. The lowest BCUT2D eigenvalue weighted by molar-refractivity contribution is -0.117. The fraction of sp³-hybridized carbons (Fsp3) is 0.269. The fourth-order valence-corrected chi connectivity index (χ4v) is 5.02. The van der Waals surface area contributed by atoms with Crippen molar-refractivity contribution in [3.8, 4) is 0 Å². The Kier molecular flexibility index (Phi) is 6.18. The van der Waals surface area contributed by atoms with Gasteiger partial charge in [-0.1, -0.05) is 12.1 Å². The smallest absolute Gasteiger partial charge is 0.294 e. The number of aliphatic hydroxyl groups excluding tert-OH is 1. The van der Waals surface area contributed by atoms with E-state index in [0.29, 0.717) is 16.3 Å². The maximum atomic E-state index is 13.7. The first-order valence-electron chi connectivity index (χ1n) is 10.9. The lowest BCUT2D eigenvalue weighted by Gasteiger charge is -2.28. The molecule has 1 aliphatic rings. The Balaban J connectivity index is 1.85. The van der Waals surface area contributed by atoms with Crippen LogP contribution in [0.25, 0.3) is 0 Å². The molecule has 176 valence electrons. The standard InChI is InChI=1S/C26H28N4O3S/c1-15-25(34-16(2)27-15)23(31)21-22(17-7-9-18(10-8-17)28(3)4)30(26(33)24(21)32)20-13-11-19(12-14-20)29(5)6/h7-14,22,32H,1-6H3. The molecule has 2 heterocycles. The molecule has 1 aliphatic heterocycles. The molecular formula is C26H28N4O3S. The van der Waals surface area contributed by atoms with Crippen molar-refractivity contribution in [1.82, 2.24) is 4.98 Å². The second kappa shape index (κ2) is 8.95. The van der Waals surface area contributed by atoms with Gasteiger partial charge in [0.15, 0.2) is 5.76 Å². The molecule has 0 spiro atoms. The van der Waals surface area contributed by atoms with E-state index in [2.05, 4.69) is 4.98 Å². The van der Waals surface area contributed by atoms with Crippen LogP contribution in [0.2, 0.25) is 0 Å². The van der Waals surface area contributed by atoms with Crippen molar-refractivity contribution < 1.29 is 14.7 Å². The first-order chi connectivity index (χ1) is 16.1. The summed E-state index contributed by atoms with van der Waals surface area (Å²) in [5.41, 5.74) is 3.98. The number of hydrogen-bond acceptors (Lipinski definition) is 7. The van der Waals surface area contributed by atoms with E-state index in [-0.39, 0.29) is 11.4 Å². The van der Waals surface area contributed by atoms with Crippen LogP contribution in [0.1, 0.15) is 32.0 Å². The number of ketones is 1. The molecule has 0 bridgehead atoms. The zero-order valence-electron chi connectivity index (χ0n) is 20.2. The molecule has 3 aromatic rings. The van der Waals surface area contributed by atoms with Gasteiger partial charge >= 0.3 is 0 Å². The van der Waals surface area contributed by atoms with Crippen molar-refractivity contribution in [2.24, 2.45) is 0 Å². The number of thiazole rings is 1. The third kappa shape index (κ3) is 4.05. The number of aromatic nitrogens is 1. The highest BCUT2D eigenvalue weighted by molar-refractivity contribution is 7.14. The summed E-state index contributed by atoms with van der Waals surface area (Å²) in [6, 6.07) is 14.4. The minimum atomic E-state index is -0.761.